The molecule has 20 heavy (non-hydrogen) atoms. The molecule has 0 radical (unpaired) electrons. The highest BCUT2D eigenvalue weighted by atomic mass is 35.5. The Morgan fingerprint density at radius 3 is 2.85 bits per heavy atom. The largest absolute Gasteiger partial charge is 0.305 e. The summed E-state index contributed by atoms with van der Waals surface area (Å²) in [5.41, 5.74) is 3.52. The van der Waals surface area contributed by atoms with Crippen molar-refractivity contribution in [2.75, 3.05) is 33.7 Å². The Balaban J connectivity index is 2.32. The van der Waals surface area contributed by atoms with Gasteiger partial charge in [-0.25, -0.2) is 4.39 Å². The van der Waals surface area contributed by atoms with E-state index in [2.05, 4.69) is 29.3 Å². The first-order valence-electron chi connectivity index (χ1n) is 6.82. The van der Waals surface area contributed by atoms with Crippen LogP contribution < -0.4 is 11.3 Å². The average molecular weight is 301 g/mol. The number of likely N-dealkylation sites (N-methyl/N-ethyl adjacent to an activating group) is 2. The van der Waals surface area contributed by atoms with E-state index in [-0.39, 0.29) is 17.9 Å². The third-order valence-corrected chi connectivity index (χ3v) is 4.32. The zero-order valence-corrected chi connectivity index (χ0v) is 12.7. The van der Waals surface area contributed by atoms with Crippen LogP contribution in [0.15, 0.2) is 18.2 Å². The second-order valence-corrected chi connectivity index (χ2v) is 5.88. The summed E-state index contributed by atoms with van der Waals surface area (Å²) in [6, 6.07) is 4.35. The Kier molecular flexibility index (Phi) is 5.35. The minimum Gasteiger partial charge on any atom is -0.305 e. The fraction of sp³-hybridized carbons (Fsp3) is 0.571. The molecule has 0 bridgehead atoms. The first-order valence-corrected chi connectivity index (χ1v) is 7.20. The van der Waals surface area contributed by atoms with Gasteiger partial charge in [-0.2, -0.15) is 0 Å². The van der Waals surface area contributed by atoms with E-state index in [1.165, 1.54) is 12.1 Å². The summed E-state index contributed by atoms with van der Waals surface area (Å²) in [5, 5.41) is 0.537. The van der Waals surface area contributed by atoms with Crippen LogP contribution in [0.4, 0.5) is 4.39 Å². The normalized spacial score (nSPS) is 23.6. The molecular weight excluding hydrogens is 279 g/mol. The van der Waals surface area contributed by atoms with Crippen LogP contribution in [0.2, 0.25) is 5.02 Å². The Labute approximate surface area is 124 Å². The quantitative estimate of drug-likeness (QED) is 0.658. The molecule has 0 aliphatic carbocycles. The minimum absolute atomic E-state index is 0.145. The van der Waals surface area contributed by atoms with Gasteiger partial charge >= 0.3 is 0 Å². The van der Waals surface area contributed by atoms with Gasteiger partial charge in [0, 0.05) is 17.6 Å². The summed E-state index contributed by atoms with van der Waals surface area (Å²) in [7, 11) is 4.16. The van der Waals surface area contributed by atoms with Crippen LogP contribution in [0, 0.1) is 5.82 Å². The van der Waals surface area contributed by atoms with Crippen molar-refractivity contribution in [1.82, 2.24) is 15.2 Å². The highest BCUT2D eigenvalue weighted by Gasteiger charge is 2.30. The highest BCUT2D eigenvalue weighted by molar-refractivity contribution is 6.31. The molecule has 0 aromatic heterocycles. The fourth-order valence-electron chi connectivity index (χ4n) is 2.83. The standard InChI is InChI=1S/C14H22ClFN4/c1-19-6-3-7-20(2)13(9-19)14(18-17)11-8-10(16)4-5-12(11)15/h4-5,8,13-14,18H,3,6-7,9,17H2,1-2H3. The van der Waals surface area contributed by atoms with E-state index in [0.29, 0.717) is 10.6 Å². The Morgan fingerprint density at radius 1 is 1.40 bits per heavy atom. The Hall–Kier alpha value is -0.720. The van der Waals surface area contributed by atoms with Gasteiger partial charge in [0.1, 0.15) is 5.82 Å². The monoisotopic (exact) mass is 300 g/mol. The molecule has 0 saturated carbocycles. The molecule has 0 amide bonds. The van der Waals surface area contributed by atoms with Crippen molar-refractivity contribution < 1.29 is 4.39 Å². The van der Waals surface area contributed by atoms with Crippen molar-refractivity contribution in [3.8, 4) is 0 Å². The molecule has 1 aromatic rings. The number of hydrazine groups is 1. The van der Waals surface area contributed by atoms with Crippen LogP contribution in [0.25, 0.3) is 0 Å². The van der Waals surface area contributed by atoms with E-state index in [0.717, 1.165) is 26.1 Å². The number of hydrogen-bond acceptors (Lipinski definition) is 4. The van der Waals surface area contributed by atoms with Crippen molar-refractivity contribution in [3.63, 3.8) is 0 Å². The molecule has 1 aliphatic heterocycles. The molecule has 6 heteroatoms. The molecule has 1 aromatic carbocycles. The molecule has 4 nitrogen and oxygen atoms in total. The molecule has 3 N–H and O–H groups in total. The summed E-state index contributed by atoms with van der Waals surface area (Å²) < 4.78 is 13.5. The lowest BCUT2D eigenvalue weighted by Gasteiger charge is -2.34. The van der Waals surface area contributed by atoms with Crippen LogP contribution in [0.1, 0.15) is 18.0 Å². The average Bonchev–Trinajstić information content (AvgIpc) is 2.57. The van der Waals surface area contributed by atoms with Gasteiger partial charge in [0.05, 0.1) is 6.04 Å². The Bertz CT molecular complexity index is 457. The smallest absolute Gasteiger partial charge is 0.123 e. The number of rotatable bonds is 3. The van der Waals surface area contributed by atoms with Crippen LogP contribution in [-0.4, -0.2) is 49.6 Å². The lowest BCUT2D eigenvalue weighted by molar-refractivity contribution is 0.178. The molecule has 1 aliphatic rings. The zero-order valence-electron chi connectivity index (χ0n) is 11.9. The van der Waals surface area contributed by atoms with E-state index in [4.69, 9.17) is 17.4 Å². The first-order chi connectivity index (χ1) is 9.52. The number of halogens is 2. The van der Waals surface area contributed by atoms with Gasteiger partial charge in [0.15, 0.2) is 0 Å². The molecule has 2 rings (SSSR count). The van der Waals surface area contributed by atoms with E-state index in [1.807, 2.05) is 0 Å². The predicted octanol–water partition coefficient (Wildman–Crippen LogP) is 1.62. The highest BCUT2D eigenvalue weighted by Crippen LogP contribution is 2.29. The maximum Gasteiger partial charge on any atom is 0.123 e. The van der Waals surface area contributed by atoms with Crippen LogP contribution >= 0.6 is 11.6 Å². The molecule has 2 unspecified atom stereocenters. The zero-order chi connectivity index (χ0) is 14.7. The van der Waals surface area contributed by atoms with E-state index in [9.17, 15) is 4.39 Å². The molecule has 0 spiro atoms. The number of nitrogens with one attached hydrogen (secondary N) is 1. The van der Waals surface area contributed by atoms with Gasteiger partial charge < -0.3 is 9.80 Å². The predicted molar refractivity (Wildman–Crippen MR) is 80.0 cm³/mol. The maximum atomic E-state index is 13.5. The van der Waals surface area contributed by atoms with Gasteiger partial charge in [-0.15, -0.1) is 0 Å². The van der Waals surface area contributed by atoms with Crippen molar-refractivity contribution in [2.24, 2.45) is 5.84 Å². The van der Waals surface area contributed by atoms with Gasteiger partial charge in [0.2, 0.25) is 0 Å². The number of benzene rings is 1. The second-order valence-electron chi connectivity index (χ2n) is 5.47. The van der Waals surface area contributed by atoms with Crippen molar-refractivity contribution >= 4 is 11.6 Å². The van der Waals surface area contributed by atoms with Crippen molar-refractivity contribution in [1.29, 1.82) is 0 Å². The van der Waals surface area contributed by atoms with Gasteiger partial charge in [0.25, 0.3) is 0 Å². The minimum atomic E-state index is -0.297. The van der Waals surface area contributed by atoms with E-state index >= 15 is 0 Å². The maximum absolute atomic E-state index is 13.5. The third kappa shape index (κ3) is 3.48. The van der Waals surface area contributed by atoms with Crippen LogP contribution in [0.3, 0.4) is 0 Å². The van der Waals surface area contributed by atoms with Gasteiger partial charge in [-0.3, -0.25) is 11.3 Å². The number of nitrogens with two attached hydrogens (primary N) is 1. The summed E-state index contributed by atoms with van der Waals surface area (Å²) in [6.45, 7) is 2.90. The van der Waals surface area contributed by atoms with E-state index in [1.54, 1.807) is 6.07 Å². The van der Waals surface area contributed by atoms with Crippen LogP contribution in [-0.2, 0) is 0 Å². The van der Waals surface area contributed by atoms with E-state index < -0.39 is 0 Å². The summed E-state index contributed by atoms with van der Waals surface area (Å²) in [4.78, 5) is 4.53. The summed E-state index contributed by atoms with van der Waals surface area (Å²) in [5.74, 6) is 5.44. The van der Waals surface area contributed by atoms with Gasteiger partial charge in [-0.1, -0.05) is 11.6 Å². The summed E-state index contributed by atoms with van der Waals surface area (Å²) in [6.07, 6.45) is 1.11. The lowest BCUT2D eigenvalue weighted by Crippen LogP contribution is -2.49. The fourth-order valence-corrected chi connectivity index (χ4v) is 3.06. The lowest BCUT2D eigenvalue weighted by atomic mass is 9.98. The third-order valence-electron chi connectivity index (χ3n) is 3.97. The first kappa shape index (κ1) is 15.7. The Morgan fingerprint density at radius 2 is 2.15 bits per heavy atom. The topological polar surface area (TPSA) is 44.5 Å². The van der Waals surface area contributed by atoms with Gasteiger partial charge in [-0.05, 0) is 57.4 Å². The van der Waals surface area contributed by atoms with Crippen LogP contribution in [0.5, 0.6) is 0 Å². The summed E-state index contributed by atoms with van der Waals surface area (Å²) >= 11 is 6.22. The molecule has 1 heterocycles. The molecule has 1 saturated heterocycles. The van der Waals surface area contributed by atoms with Crippen molar-refractivity contribution in [2.45, 2.75) is 18.5 Å². The number of hydrogen-bond donors (Lipinski definition) is 2. The molecule has 2 atom stereocenters. The van der Waals surface area contributed by atoms with Crippen molar-refractivity contribution in [3.05, 3.63) is 34.6 Å². The number of nitrogens with zero attached hydrogens (tertiary/aromatic N) is 2. The molecular formula is C14H22ClFN4. The SMILES string of the molecule is CN1CCCN(C)C(C(NN)c2cc(F)ccc2Cl)C1. The molecule has 112 valence electrons. The molecule has 1 fully saturated rings. The second kappa shape index (κ2) is 6.83.